The molecule has 0 radical (unpaired) electrons. The first-order valence-corrected chi connectivity index (χ1v) is 10.7. The summed E-state index contributed by atoms with van der Waals surface area (Å²) in [6.45, 7) is 14.9. The lowest BCUT2D eigenvalue weighted by molar-refractivity contribution is 0.145. The third-order valence-corrected chi connectivity index (χ3v) is 5.08. The molecule has 168 valence electrons. The zero-order valence-corrected chi connectivity index (χ0v) is 21.1. The van der Waals surface area contributed by atoms with E-state index < -0.39 is 0 Å². The zero-order chi connectivity index (χ0) is 20.4. The van der Waals surface area contributed by atoms with Crippen LogP contribution >= 0.6 is 24.0 Å². The van der Waals surface area contributed by atoms with Gasteiger partial charge in [0.1, 0.15) is 12.4 Å². The molecule has 0 aliphatic carbocycles. The van der Waals surface area contributed by atoms with Gasteiger partial charge in [-0.05, 0) is 39.0 Å². The van der Waals surface area contributed by atoms with Gasteiger partial charge in [0.05, 0.1) is 0 Å². The van der Waals surface area contributed by atoms with Crippen molar-refractivity contribution in [2.24, 2.45) is 18.0 Å². The topological polar surface area (TPSA) is 79.6 Å². The zero-order valence-electron chi connectivity index (χ0n) is 18.8. The molecule has 0 bridgehead atoms. The third kappa shape index (κ3) is 9.61. The molecule has 1 aromatic heterocycles. The Hall–Kier alpha value is -0.940. The van der Waals surface area contributed by atoms with E-state index in [0.717, 1.165) is 75.6 Å². The molecule has 1 saturated heterocycles. The van der Waals surface area contributed by atoms with Crippen molar-refractivity contribution in [2.45, 2.75) is 59.5 Å². The molecule has 2 rings (SSSR count). The molecular weight excluding hydrogens is 481 g/mol. The van der Waals surface area contributed by atoms with E-state index in [1.165, 1.54) is 6.54 Å². The van der Waals surface area contributed by atoms with Crippen molar-refractivity contribution in [3.05, 3.63) is 11.6 Å². The second-order valence-corrected chi connectivity index (χ2v) is 7.98. The Balaban J connectivity index is 0.00000420. The van der Waals surface area contributed by atoms with E-state index in [4.69, 9.17) is 9.73 Å². The molecule has 2 N–H and O–H groups in total. The number of nitrogens with one attached hydrogen (secondary N) is 2. The van der Waals surface area contributed by atoms with Crippen LogP contribution in [0.4, 0.5) is 0 Å². The van der Waals surface area contributed by atoms with E-state index in [0.29, 0.717) is 12.6 Å². The molecular formula is C20H40IN7O. The lowest BCUT2D eigenvalue weighted by atomic mass is 10.0. The predicted molar refractivity (Wildman–Crippen MR) is 129 cm³/mol. The van der Waals surface area contributed by atoms with Crippen LogP contribution in [0.2, 0.25) is 0 Å². The average Bonchev–Trinajstić information content (AvgIpc) is 2.98. The van der Waals surface area contributed by atoms with E-state index in [-0.39, 0.29) is 24.0 Å². The quantitative estimate of drug-likeness (QED) is 0.213. The van der Waals surface area contributed by atoms with E-state index in [1.807, 2.05) is 25.5 Å². The highest BCUT2D eigenvalue weighted by molar-refractivity contribution is 14.0. The Bertz CT molecular complexity index is 598. The largest absolute Gasteiger partial charge is 0.382 e. The summed E-state index contributed by atoms with van der Waals surface area (Å²) in [5.74, 6) is 3.37. The first-order chi connectivity index (χ1) is 13.5. The van der Waals surface area contributed by atoms with Gasteiger partial charge in [0, 0.05) is 52.5 Å². The van der Waals surface area contributed by atoms with Crippen LogP contribution in [0.3, 0.4) is 0 Å². The van der Waals surface area contributed by atoms with Gasteiger partial charge < -0.3 is 24.8 Å². The number of hydrogen-bond donors (Lipinski definition) is 2. The minimum atomic E-state index is 0. The number of piperidine rings is 1. The van der Waals surface area contributed by atoms with Crippen LogP contribution in [-0.2, 0) is 18.3 Å². The minimum Gasteiger partial charge on any atom is -0.382 e. The van der Waals surface area contributed by atoms with E-state index in [9.17, 15) is 0 Å². The fourth-order valence-electron chi connectivity index (χ4n) is 3.39. The third-order valence-electron chi connectivity index (χ3n) is 5.08. The van der Waals surface area contributed by atoms with Gasteiger partial charge >= 0.3 is 0 Å². The number of aromatic nitrogens is 3. The molecule has 0 unspecified atom stereocenters. The number of ether oxygens (including phenoxy) is 1. The Morgan fingerprint density at radius 2 is 2.00 bits per heavy atom. The van der Waals surface area contributed by atoms with Crippen LogP contribution in [0.15, 0.2) is 4.99 Å². The number of halogens is 1. The maximum atomic E-state index is 5.43. The van der Waals surface area contributed by atoms with E-state index >= 15 is 0 Å². The van der Waals surface area contributed by atoms with Gasteiger partial charge in [-0.3, -0.25) is 0 Å². The summed E-state index contributed by atoms with van der Waals surface area (Å²) < 4.78 is 7.42. The van der Waals surface area contributed by atoms with E-state index in [2.05, 4.69) is 39.6 Å². The van der Waals surface area contributed by atoms with Crippen LogP contribution in [0.25, 0.3) is 0 Å². The lowest BCUT2D eigenvalue weighted by Crippen LogP contribution is -2.49. The standard InChI is InChI=1S/C20H39N7O.HI/c1-6-28-13-7-10-21-20(22-14-19-25-24-17(4)26(19)5)23-18-8-11-27(12-9-18)15-16(2)3;/h16,18H,6-15H2,1-5H3,(H2,21,22,23);1H. The maximum absolute atomic E-state index is 5.43. The van der Waals surface area contributed by atoms with Gasteiger partial charge in [-0.1, -0.05) is 13.8 Å². The van der Waals surface area contributed by atoms with Crippen LogP contribution in [0.5, 0.6) is 0 Å². The summed E-state index contributed by atoms with van der Waals surface area (Å²) in [6, 6.07) is 0.461. The first-order valence-electron chi connectivity index (χ1n) is 10.7. The van der Waals surface area contributed by atoms with Crippen molar-refractivity contribution in [1.82, 2.24) is 30.3 Å². The SMILES string of the molecule is CCOCCCNC(=NCc1nnc(C)n1C)NC1CCN(CC(C)C)CC1.I. The highest BCUT2D eigenvalue weighted by Crippen LogP contribution is 2.12. The molecule has 8 nitrogen and oxygen atoms in total. The summed E-state index contributed by atoms with van der Waals surface area (Å²) in [5.41, 5.74) is 0. The smallest absolute Gasteiger partial charge is 0.191 e. The fourth-order valence-corrected chi connectivity index (χ4v) is 3.39. The first kappa shape index (κ1) is 26.1. The van der Waals surface area contributed by atoms with Gasteiger partial charge in [0.15, 0.2) is 11.8 Å². The van der Waals surface area contributed by atoms with Crippen molar-refractivity contribution < 1.29 is 4.74 Å². The summed E-state index contributed by atoms with van der Waals surface area (Å²) in [7, 11) is 1.98. The van der Waals surface area contributed by atoms with Crippen LogP contribution in [0, 0.1) is 12.8 Å². The Morgan fingerprint density at radius 3 is 2.59 bits per heavy atom. The van der Waals surface area contributed by atoms with Crippen molar-refractivity contribution in [3.63, 3.8) is 0 Å². The molecule has 1 aliphatic rings. The Kier molecular flexibility index (Phi) is 12.7. The fraction of sp³-hybridized carbons (Fsp3) is 0.850. The Labute approximate surface area is 193 Å². The predicted octanol–water partition coefficient (Wildman–Crippen LogP) is 2.32. The molecule has 29 heavy (non-hydrogen) atoms. The normalized spacial score (nSPS) is 16.1. The molecule has 0 aromatic carbocycles. The number of aliphatic imine (C=N–C) groups is 1. The summed E-state index contributed by atoms with van der Waals surface area (Å²) >= 11 is 0. The molecule has 1 fully saturated rings. The second-order valence-electron chi connectivity index (χ2n) is 7.98. The van der Waals surface area contributed by atoms with Gasteiger partial charge in [-0.2, -0.15) is 0 Å². The number of nitrogens with zero attached hydrogens (tertiary/aromatic N) is 5. The van der Waals surface area contributed by atoms with Crippen LogP contribution in [0.1, 0.15) is 51.7 Å². The molecule has 0 spiro atoms. The summed E-state index contributed by atoms with van der Waals surface area (Å²) in [6.07, 6.45) is 3.26. The number of aryl methyl sites for hydroxylation is 1. The summed E-state index contributed by atoms with van der Waals surface area (Å²) in [4.78, 5) is 7.33. The molecule has 1 aromatic rings. The van der Waals surface area contributed by atoms with Crippen molar-refractivity contribution in [1.29, 1.82) is 0 Å². The molecule has 0 saturated carbocycles. The van der Waals surface area contributed by atoms with Crippen LogP contribution < -0.4 is 10.6 Å². The summed E-state index contributed by atoms with van der Waals surface area (Å²) in [5, 5.41) is 15.4. The highest BCUT2D eigenvalue weighted by Gasteiger charge is 2.20. The molecule has 0 atom stereocenters. The average molecular weight is 521 g/mol. The maximum Gasteiger partial charge on any atom is 0.191 e. The van der Waals surface area contributed by atoms with Crippen LogP contribution in [-0.4, -0.2) is 71.1 Å². The van der Waals surface area contributed by atoms with Crippen molar-refractivity contribution >= 4 is 29.9 Å². The van der Waals surface area contributed by atoms with Gasteiger partial charge in [-0.25, -0.2) is 4.99 Å². The number of likely N-dealkylation sites (tertiary alicyclic amines) is 1. The van der Waals surface area contributed by atoms with Crippen molar-refractivity contribution in [2.75, 3.05) is 39.4 Å². The molecule has 0 amide bonds. The van der Waals surface area contributed by atoms with Gasteiger partial charge in [0.2, 0.25) is 0 Å². The molecule has 1 aliphatic heterocycles. The molecule has 2 heterocycles. The minimum absolute atomic E-state index is 0. The monoisotopic (exact) mass is 521 g/mol. The highest BCUT2D eigenvalue weighted by atomic mass is 127. The van der Waals surface area contributed by atoms with E-state index in [1.54, 1.807) is 0 Å². The van der Waals surface area contributed by atoms with Gasteiger partial charge in [0.25, 0.3) is 0 Å². The molecule has 9 heteroatoms. The number of hydrogen-bond acceptors (Lipinski definition) is 5. The number of guanidine groups is 1. The Morgan fingerprint density at radius 1 is 1.28 bits per heavy atom. The number of rotatable bonds is 10. The van der Waals surface area contributed by atoms with Gasteiger partial charge in [-0.15, -0.1) is 34.2 Å². The van der Waals surface area contributed by atoms with Crippen molar-refractivity contribution in [3.8, 4) is 0 Å². The second kappa shape index (κ2) is 14.1. The lowest BCUT2D eigenvalue weighted by Gasteiger charge is -2.34.